The van der Waals surface area contributed by atoms with E-state index in [1.54, 1.807) is 10.9 Å². The van der Waals surface area contributed by atoms with Gasteiger partial charge in [0.2, 0.25) is 0 Å². The predicted octanol–water partition coefficient (Wildman–Crippen LogP) is 1.65. The molecule has 1 fully saturated rings. The fraction of sp³-hybridized carbons (Fsp3) is 0.750. The maximum atomic E-state index is 15.0. The first-order chi connectivity index (χ1) is 8.53. The van der Waals surface area contributed by atoms with Crippen molar-refractivity contribution in [3.05, 3.63) is 16.9 Å². The standard InChI is InChI=1S/C12H20ClFN4/c1-17(2)7-8-18-11(10(13)9-16-18)12(14)3-5-15-6-4-12/h9,15H,3-8H2,1-2H3. The van der Waals surface area contributed by atoms with Crippen LogP contribution in [0.5, 0.6) is 0 Å². The second-order valence-electron chi connectivity index (χ2n) is 5.08. The lowest BCUT2D eigenvalue weighted by atomic mass is 9.91. The second kappa shape index (κ2) is 5.55. The van der Waals surface area contributed by atoms with E-state index in [-0.39, 0.29) is 0 Å². The van der Waals surface area contributed by atoms with Crippen molar-refractivity contribution in [2.45, 2.75) is 25.1 Å². The average molecular weight is 275 g/mol. The molecule has 0 unspecified atom stereocenters. The Kier molecular flexibility index (Phi) is 4.25. The molecule has 6 heteroatoms. The third-order valence-electron chi connectivity index (χ3n) is 3.37. The molecule has 18 heavy (non-hydrogen) atoms. The van der Waals surface area contributed by atoms with Gasteiger partial charge in [-0.2, -0.15) is 5.10 Å². The summed E-state index contributed by atoms with van der Waals surface area (Å²) in [6.45, 7) is 2.85. The van der Waals surface area contributed by atoms with Crippen LogP contribution in [0.25, 0.3) is 0 Å². The van der Waals surface area contributed by atoms with Crippen LogP contribution in [0, 0.1) is 0 Å². The van der Waals surface area contributed by atoms with Crippen molar-refractivity contribution < 1.29 is 4.39 Å². The van der Waals surface area contributed by atoms with Crippen molar-refractivity contribution in [2.75, 3.05) is 33.7 Å². The number of likely N-dealkylation sites (N-methyl/N-ethyl adjacent to an activating group) is 1. The fourth-order valence-corrected chi connectivity index (χ4v) is 2.64. The number of nitrogens with one attached hydrogen (secondary N) is 1. The SMILES string of the molecule is CN(C)CCn1ncc(Cl)c1C1(F)CCNCC1. The van der Waals surface area contributed by atoms with Crippen molar-refractivity contribution in [3.8, 4) is 0 Å². The quantitative estimate of drug-likeness (QED) is 0.906. The summed E-state index contributed by atoms with van der Waals surface area (Å²) < 4.78 is 16.7. The van der Waals surface area contributed by atoms with Crippen LogP contribution in [-0.2, 0) is 12.2 Å². The molecule has 1 saturated heterocycles. The lowest BCUT2D eigenvalue weighted by molar-refractivity contribution is 0.102. The molecular formula is C12H20ClFN4. The van der Waals surface area contributed by atoms with Crippen molar-refractivity contribution in [2.24, 2.45) is 0 Å². The average Bonchev–Trinajstić information content (AvgIpc) is 2.69. The molecule has 102 valence electrons. The Morgan fingerprint density at radius 3 is 2.78 bits per heavy atom. The third kappa shape index (κ3) is 2.84. The van der Waals surface area contributed by atoms with Crippen molar-refractivity contribution in [1.29, 1.82) is 0 Å². The van der Waals surface area contributed by atoms with E-state index >= 15 is 0 Å². The highest BCUT2D eigenvalue weighted by molar-refractivity contribution is 6.31. The number of hydrogen-bond acceptors (Lipinski definition) is 3. The van der Waals surface area contributed by atoms with Crippen molar-refractivity contribution >= 4 is 11.6 Å². The van der Waals surface area contributed by atoms with Gasteiger partial charge in [-0.25, -0.2) is 4.39 Å². The summed E-state index contributed by atoms with van der Waals surface area (Å²) >= 11 is 6.13. The Morgan fingerprint density at radius 1 is 1.50 bits per heavy atom. The normalized spacial score (nSPS) is 19.4. The molecule has 1 aromatic rings. The van der Waals surface area contributed by atoms with Gasteiger partial charge in [0.05, 0.1) is 23.5 Å². The minimum Gasteiger partial charge on any atom is -0.316 e. The molecule has 2 rings (SSSR count). The molecule has 4 nitrogen and oxygen atoms in total. The summed E-state index contributed by atoms with van der Waals surface area (Å²) in [6, 6.07) is 0. The van der Waals surface area contributed by atoms with E-state index in [2.05, 4.69) is 10.4 Å². The molecular weight excluding hydrogens is 255 g/mol. The van der Waals surface area contributed by atoms with Gasteiger partial charge in [0.1, 0.15) is 0 Å². The van der Waals surface area contributed by atoms with Crippen LogP contribution in [-0.4, -0.2) is 48.4 Å². The van der Waals surface area contributed by atoms with Crippen molar-refractivity contribution in [3.63, 3.8) is 0 Å². The van der Waals surface area contributed by atoms with Gasteiger partial charge in [-0.3, -0.25) is 4.68 Å². The highest BCUT2D eigenvalue weighted by Crippen LogP contribution is 2.38. The number of piperidine rings is 1. The Morgan fingerprint density at radius 2 is 2.17 bits per heavy atom. The van der Waals surface area contributed by atoms with E-state index in [0.717, 1.165) is 6.54 Å². The fourth-order valence-electron chi connectivity index (χ4n) is 2.33. The van der Waals surface area contributed by atoms with E-state index in [1.165, 1.54) is 0 Å². The molecule has 0 amide bonds. The Labute approximate surface area is 112 Å². The van der Waals surface area contributed by atoms with Gasteiger partial charge < -0.3 is 10.2 Å². The van der Waals surface area contributed by atoms with Crippen LogP contribution in [0.3, 0.4) is 0 Å². The molecule has 0 aliphatic carbocycles. The van der Waals surface area contributed by atoms with Gasteiger partial charge in [0, 0.05) is 6.54 Å². The van der Waals surface area contributed by atoms with Gasteiger partial charge in [0.15, 0.2) is 5.67 Å². The molecule has 1 aromatic heterocycles. The largest absolute Gasteiger partial charge is 0.316 e. The zero-order valence-corrected chi connectivity index (χ0v) is 11.7. The van der Waals surface area contributed by atoms with E-state index < -0.39 is 5.67 Å². The van der Waals surface area contributed by atoms with Gasteiger partial charge in [0.25, 0.3) is 0 Å². The summed E-state index contributed by atoms with van der Waals surface area (Å²) in [5.41, 5.74) is -0.793. The van der Waals surface area contributed by atoms with E-state index in [9.17, 15) is 4.39 Å². The second-order valence-corrected chi connectivity index (χ2v) is 5.49. The molecule has 1 aliphatic rings. The van der Waals surface area contributed by atoms with Crippen LogP contribution >= 0.6 is 11.6 Å². The Bertz CT molecular complexity index is 399. The highest BCUT2D eigenvalue weighted by atomic mass is 35.5. The summed E-state index contributed by atoms with van der Waals surface area (Å²) in [6.07, 6.45) is 2.47. The van der Waals surface area contributed by atoms with Gasteiger partial charge in [-0.05, 0) is 40.0 Å². The maximum absolute atomic E-state index is 15.0. The van der Waals surface area contributed by atoms with Crippen LogP contribution in [0.4, 0.5) is 4.39 Å². The minimum absolute atomic E-state index is 0.443. The van der Waals surface area contributed by atoms with E-state index in [0.29, 0.717) is 43.2 Å². The molecule has 0 atom stereocenters. The van der Waals surface area contributed by atoms with Crippen LogP contribution in [0.2, 0.25) is 5.02 Å². The Balaban J connectivity index is 2.22. The van der Waals surface area contributed by atoms with Crippen LogP contribution in [0.1, 0.15) is 18.5 Å². The van der Waals surface area contributed by atoms with Crippen LogP contribution in [0.15, 0.2) is 6.20 Å². The van der Waals surface area contributed by atoms with Gasteiger partial charge in [-0.15, -0.1) is 0 Å². The van der Waals surface area contributed by atoms with Gasteiger partial charge in [-0.1, -0.05) is 11.6 Å². The number of halogens is 2. The summed E-state index contributed by atoms with van der Waals surface area (Å²) in [5, 5.41) is 7.82. The summed E-state index contributed by atoms with van der Waals surface area (Å²) in [4.78, 5) is 2.05. The zero-order valence-electron chi connectivity index (χ0n) is 10.9. The molecule has 0 radical (unpaired) electrons. The number of aromatic nitrogens is 2. The molecule has 1 N–H and O–H groups in total. The van der Waals surface area contributed by atoms with Crippen LogP contribution < -0.4 is 5.32 Å². The molecule has 0 spiro atoms. The molecule has 1 aliphatic heterocycles. The molecule has 0 aromatic carbocycles. The zero-order chi connectivity index (χ0) is 13.2. The molecule has 2 heterocycles. The lowest BCUT2D eigenvalue weighted by Gasteiger charge is -2.31. The van der Waals surface area contributed by atoms with E-state index in [4.69, 9.17) is 11.6 Å². The summed E-state index contributed by atoms with van der Waals surface area (Å²) in [5.74, 6) is 0. The first kappa shape index (κ1) is 13.8. The molecule has 0 saturated carbocycles. The lowest BCUT2D eigenvalue weighted by Crippen LogP contribution is -2.38. The number of hydrogen-bond donors (Lipinski definition) is 1. The number of alkyl halides is 1. The first-order valence-corrected chi connectivity index (χ1v) is 6.67. The predicted molar refractivity (Wildman–Crippen MR) is 70.7 cm³/mol. The minimum atomic E-state index is -1.34. The number of nitrogens with zero attached hydrogens (tertiary/aromatic N) is 3. The maximum Gasteiger partial charge on any atom is 0.156 e. The monoisotopic (exact) mass is 274 g/mol. The highest BCUT2D eigenvalue weighted by Gasteiger charge is 2.38. The smallest absolute Gasteiger partial charge is 0.156 e. The number of rotatable bonds is 4. The van der Waals surface area contributed by atoms with E-state index in [1.807, 2.05) is 19.0 Å². The summed E-state index contributed by atoms with van der Waals surface area (Å²) in [7, 11) is 3.97. The first-order valence-electron chi connectivity index (χ1n) is 6.29. The Hall–Kier alpha value is -0.650. The van der Waals surface area contributed by atoms with Crippen molar-refractivity contribution in [1.82, 2.24) is 20.0 Å². The topological polar surface area (TPSA) is 33.1 Å². The molecule has 0 bridgehead atoms. The third-order valence-corrected chi connectivity index (χ3v) is 3.65. The van der Waals surface area contributed by atoms with Gasteiger partial charge >= 0.3 is 0 Å².